The molecule has 1 unspecified atom stereocenters. The van der Waals surface area contributed by atoms with Gasteiger partial charge >= 0.3 is 0 Å². The molecule has 0 radical (unpaired) electrons. The Morgan fingerprint density at radius 1 is 1.44 bits per heavy atom. The fourth-order valence-corrected chi connectivity index (χ4v) is 2.46. The van der Waals surface area contributed by atoms with Gasteiger partial charge in [-0.05, 0) is 37.9 Å². The molecule has 7 heteroatoms. The third-order valence-electron chi connectivity index (χ3n) is 1.81. The highest BCUT2D eigenvalue weighted by molar-refractivity contribution is 9.11. The maximum absolute atomic E-state index is 13.2. The molecule has 0 bridgehead atoms. The molecule has 1 rings (SSSR count). The summed E-state index contributed by atoms with van der Waals surface area (Å²) in [4.78, 5) is 0. The van der Waals surface area contributed by atoms with Crippen LogP contribution in [0.2, 0.25) is 0 Å². The van der Waals surface area contributed by atoms with Crippen LogP contribution in [0.4, 0.5) is 14.5 Å². The Kier molecular flexibility index (Phi) is 5.43. The number of halogens is 5. The Balaban J connectivity index is 2.92. The molecule has 1 aromatic rings. The van der Waals surface area contributed by atoms with E-state index in [4.69, 9.17) is 11.6 Å². The van der Waals surface area contributed by atoms with Crippen LogP contribution >= 0.6 is 43.5 Å². The number of rotatable bonds is 4. The summed E-state index contributed by atoms with van der Waals surface area (Å²) < 4.78 is 26.5. The maximum atomic E-state index is 13.2. The van der Waals surface area contributed by atoms with E-state index < -0.39 is 17.7 Å². The van der Waals surface area contributed by atoms with E-state index in [1.54, 1.807) is 0 Å². The number of anilines is 1. The SMILES string of the molecule is OC(CCl)CNc1c(Br)cc(F)c(F)c1Br. The molecule has 0 aliphatic heterocycles. The van der Waals surface area contributed by atoms with Crippen LogP contribution in [0.1, 0.15) is 0 Å². The average molecular weight is 379 g/mol. The molecule has 0 saturated heterocycles. The van der Waals surface area contributed by atoms with E-state index in [1.807, 2.05) is 0 Å². The lowest BCUT2D eigenvalue weighted by Crippen LogP contribution is -2.21. The topological polar surface area (TPSA) is 32.3 Å². The molecule has 16 heavy (non-hydrogen) atoms. The van der Waals surface area contributed by atoms with Crippen LogP contribution in [0.3, 0.4) is 0 Å². The van der Waals surface area contributed by atoms with E-state index in [2.05, 4.69) is 37.2 Å². The first-order valence-corrected chi connectivity index (χ1v) is 6.40. The van der Waals surface area contributed by atoms with E-state index in [-0.39, 0.29) is 16.9 Å². The number of benzene rings is 1. The van der Waals surface area contributed by atoms with Crippen molar-refractivity contribution in [3.8, 4) is 0 Å². The van der Waals surface area contributed by atoms with Gasteiger partial charge in [0.05, 0.1) is 22.1 Å². The molecule has 1 aromatic carbocycles. The molecule has 0 saturated carbocycles. The molecule has 0 spiro atoms. The normalized spacial score (nSPS) is 12.6. The van der Waals surface area contributed by atoms with Gasteiger partial charge in [0.15, 0.2) is 11.6 Å². The Morgan fingerprint density at radius 3 is 2.62 bits per heavy atom. The van der Waals surface area contributed by atoms with Gasteiger partial charge in [-0.15, -0.1) is 11.6 Å². The summed E-state index contributed by atoms with van der Waals surface area (Å²) in [6, 6.07) is 1.01. The van der Waals surface area contributed by atoms with Gasteiger partial charge in [-0.1, -0.05) is 0 Å². The Bertz CT molecular complexity index is 392. The molecule has 1 atom stereocenters. The highest BCUT2D eigenvalue weighted by Crippen LogP contribution is 2.34. The van der Waals surface area contributed by atoms with E-state index in [0.29, 0.717) is 10.2 Å². The van der Waals surface area contributed by atoms with Gasteiger partial charge in [-0.2, -0.15) is 0 Å². The minimum atomic E-state index is -0.980. The fraction of sp³-hybridized carbons (Fsp3) is 0.333. The molecule has 2 nitrogen and oxygen atoms in total. The van der Waals surface area contributed by atoms with Gasteiger partial charge in [-0.25, -0.2) is 8.78 Å². The summed E-state index contributed by atoms with van der Waals surface area (Å²) in [5.74, 6) is -1.88. The van der Waals surface area contributed by atoms with Crippen LogP contribution in [0, 0.1) is 11.6 Å². The first-order chi connectivity index (χ1) is 7.47. The van der Waals surface area contributed by atoms with Gasteiger partial charge in [-0.3, -0.25) is 0 Å². The number of alkyl halides is 1. The van der Waals surface area contributed by atoms with Crippen molar-refractivity contribution in [3.63, 3.8) is 0 Å². The summed E-state index contributed by atoms with van der Waals surface area (Å²) >= 11 is 11.4. The molecular weight excluding hydrogens is 371 g/mol. The van der Waals surface area contributed by atoms with Crippen LogP contribution < -0.4 is 5.32 Å². The molecule has 90 valence electrons. The number of hydrogen-bond acceptors (Lipinski definition) is 2. The number of nitrogens with one attached hydrogen (secondary N) is 1. The van der Waals surface area contributed by atoms with Crippen LogP contribution in [0.25, 0.3) is 0 Å². The van der Waals surface area contributed by atoms with Crippen molar-refractivity contribution < 1.29 is 13.9 Å². The summed E-state index contributed by atoms with van der Waals surface area (Å²) in [6.45, 7) is 0.145. The Morgan fingerprint density at radius 2 is 2.06 bits per heavy atom. The van der Waals surface area contributed by atoms with Crippen LogP contribution in [0.15, 0.2) is 15.0 Å². The fourth-order valence-electron chi connectivity index (χ4n) is 1.00. The summed E-state index contributed by atoms with van der Waals surface area (Å²) in [6.07, 6.45) is -0.756. The maximum Gasteiger partial charge on any atom is 0.175 e. The van der Waals surface area contributed by atoms with E-state index >= 15 is 0 Å². The highest BCUT2D eigenvalue weighted by Gasteiger charge is 2.15. The molecule has 0 aliphatic rings. The highest BCUT2D eigenvalue weighted by atomic mass is 79.9. The van der Waals surface area contributed by atoms with Gasteiger partial charge in [0, 0.05) is 11.0 Å². The van der Waals surface area contributed by atoms with Crippen molar-refractivity contribution in [1.29, 1.82) is 0 Å². The minimum Gasteiger partial charge on any atom is -0.390 e. The zero-order chi connectivity index (χ0) is 12.3. The number of aliphatic hydroxyl groups is 1. The lowest BCUT2D eigenvalue weighted by atomic mass is 10.3. The third kappa shape index (κ3) is 3.29. The molecule has 0 amide bonds. The van der Waals surface area contributed by atoms with E-state index in [1.165, 1.54) is 0 Å². The number of aliphatic hydroxyl groups excluding tert-OH is 1. The van der Waals surface area contributed by atoms with Crippen LogP contribution in [-0.2, 0) is 0 Å². The molecule has 2 N–H and O–H groups in total. The summed E-state index contributed by atoms with van der Waals surface area (Å²) in [5.41, 5.74) is 0.336. The van der Waals surface area contributed by atoms with Crippen LogP contribution in [-0.4, -0.2) is 23.6 Å². The van der Waals surface area contributed by atoms with Crippen molar-refractivity contribution in [2.75, 3.05) is 17.7 Å². The van der Waals surface area contributed by atoms with Gasteiger partial charge in [0.2, 0.25) is 0 Å². The van der Waals surface area contributed by atoms with Crippen molar-refractivity contribution in [2.45, 2.75) is 6.10 Å². The quantitative estimate of drug-likeness (QED) is 0.477. The Labute approximate surface area is 113 Å². The second-order valence-electron chi connectivity index (χ2n) is 3.03. The second-order valence-corrected chi connectivity index (χ2v) is 4.99. The van der Waals surface area contributed by atoms with Crippen molar-refractivity contribution >= 4 is 49.1 Å². The molecule has 0 heterocycles. The van der Waals surface area contributed by atoms with Crippen molar-refractivity contribution in [1.82, 2.24) is 0 Å². The molecule has 0 aromatic heterocycles. The summed E-state index contributed by atoms with van der Waals surface area (Å²) in [5, 5.41) is 12.0. The Hall–Kier alpha value is 0.0900. The van der Waals surface area contributed by atoms with Gasteiger partial charge < -0.3 is 10.4 Å². The van der Waals surface area contributed by atoms with Crippen LogP contribution in [0.5, 0.6) is 0 Å². The van der Waals surface area contributed by atoms with Crippen molar-refractivity contribution in [2.24, 2.45) is 0 Å². The predicted octanol–water partition coefficient (Wildman–Crippen LogP) is 3.50. The monoisotopic (exact) mass is 377 g/mol. The smallest absolute Gasteiger partial charge is 0.175 e. The first kappa shape index (κ1) is 14.2. The molecular formula is C9H8Br2ClF2NO. The van der Waals surface area contributed by atoms with Gasteiger partial charge in [0.1, 0.15) is 0 Å². The standard InChI is InChI=1S/C9H8Br2ClF2NO/c10-5-1-6(13)8(14)7(11)9(5)15-3-4(16)2-12/h1,4,15-16H,2-3H2. The average Bonchev–Trinajstić information content (AvgIpc) is 2.25. The molecule has 0 aliphatic carbocycles. The summed E-state index contributed by atoms with van der Waals surface area (Å²) in [7, 11) is 0. The zero-order valence-corrected chi connectivity index (χ0v) is 11.8. The number of hydrogen-bond donors (Lipinski definition) is 2. The minimum absolute atomic E-state index is 0.0267. The third-order valence-corrected chi connectivity index (χ3v) is 3.53. The largest absolute Gasteiger partial charge is 0.390 e. The zero-order valence-electron chi connectivity index (χ0n) is 7.91. The molecule has 0 fully saturated rings. The lowest BCUT2D eigenvalue weighted by Gasteiger charge is -2.14. The lowest BCUT2D eigenvalue weighted by molar-refractivity contribution is 0.211. The van der Waals surface area contributed by atoms with Gasteiger partial charge in [0.25, 0.3) is 0 Å². The first-order valence-electron chi connectivity index (χ1n) is 4.28. The van der Waals surface area contributed by atoms with E-state index in [0.717, 1.165) is 6.07 Å². The second kappa shape index (κ2) is 6.14. The van der Waals surface area contributed by atoms with Crippen molar-refractivity contribution in [3.05, 3.63) is 26.6 Å². The van der Waals surface area contributed by atoms with E-state index in [9.17, 15) is 13.9 Å². The predicted molar refractivity (Wildman–Crippen MR) is 67.0 cm³/mol.